The monoisotopic (exact) mass is 187 g/mol. The normalized spacial score (nSPS) is 19.5. The minimum absolute atomic E-state index is 0.771. The lowest BCUT2D eigenvalue weighted by molar-refractivity contribution is 0.514. The van der Waals surface area contributed by atoms with Gasteiger partial charge in [-0.1, -0.05) is 6.92 Å². The van der Waals surface area contributed by atoms with Crippen LogP contribution in [0.3, 0.4) is 0 Å². The minimum atomic E-state index is 0.771. The maximum Gasteiger partial charge on any atom is 0.00673 e. The van der Waals surface area contributed by atoms with Gasteiger partial charge in [-0.15, -0.1) is 0 Å². The third kappa shape index (κ3) is 4.36. The molecule has 0 amide bonds. The quantitative estimate of drug-likeness (QED) is 0.615. The molecule has 1 N–H and O–H groups in total. The van der Waals surface area contributed by atoms with Crippen LogP contribution in [0.5, 0.6) is 0 Å². The molecule has 1 atom stereocenters. The smallest absolute Gasteiger partial charge is 0.00673 e. The summed E-state index contributed by atoms with van der Waals surface area (Å²) in [5.74, 6) is 3.60. The van der Waals surface area contributed by atoms with Gasteiger partial charge in [-0.2, -0.15) is 11.8 Å². The number of nitrogens with one attached hydrogen (secondary N) is 1. The Bertz CT molecular complexity index is 112. The Morgan fingerprint density at radius 1 is 1.42 bits per heavy atom. The van der Waals surface area contributed by atoms with Gasteiger partial charge in [0, 0.05) is 18.3 Å². The van der Waals surface area contributed by atoms with E-state index in [1.54, 1.807) is 0 Å². The van der Waals surface area contributed by atoms with E-state index >= 15 is 0 Å². The molecule has 1 aliphatic rings. The average molecular weight is 187 g/mol. The molecule has 1 nitrogen and oxygen atoms in total. The van der Waals surface area contributed by atoms with Crippen molar-refractivity contribution in [2.75, 3.05) is 18.1 Å². The van der Waals surface area contributed by atoms with Gasteiger partial charge in [0.2, 0.25) is 0 Å². The van der Waals surface area contributed by atoms with Crippen LogP contribution in [0.15, 0.2) is 0 Å². The Morgan fingerprint density at radius 2 is 2.17 bits per heavy atom. The fourth-order valence-corrected chi connectivity index (χ4v) is 2.12. The molecule has 0 saturated heterocycles. The lowest BCUT2D eigenvalue weighted by Crippen LogP contribution is -2.29. The Balaban J connectivity index is 1.81. The number of thioether (sulfide) groups is 1. The van der Waals surface area contributed by atoms with E-state index in [2.05, 4.69) is 30.9 Å². The maximum atomic E-state index is 3.58. The molecule has 1 fully saturated rings. The summed E-state index contributed by atoms with van der Waals surface area (Å²) in [6, 6.07) is 0.771. The molecule has 0 radical (unpaired) electrons. The first-order valence-electron chi connectivity index (χ1n) is 5.15. The molecular formula is C10H21NS. The highest BCUT2D eigenvalue weighted by atomic mass is 32.2. The van der Waals surface area contributed by atoms with Crippen molar-refractivity contribution in [1.82, 2.24) is 5.32 Å². The zero-order valence-electron chi connectivity index (χ0n) is 8.31. The molecular weight excluding hydrogens is 166 g/mol. The van der Waals surface area contributed by atoms with Crippen LogP contribution in [0.1, 0.15) is 33.1 Å². The molecule has 1 unspecified atom stereocenters. The fourth-order valence-electron chi connectivity index (χ4n) is 1.37. The molecule has 0 aliphatic heterocycles. The zero-order chi connectivity index (χ0) is 8.81. The summed E-state index contributed by atoms with van der Waals surface area (Å²) < 4.78 is 0. The summed E-state index contributed by atoms with van der Waals surface area (Å²) in [6.45, 7) is 5.76. The number of hydrogen-bond donors (Lipinski definition) is 1. The Hall–Kier alpha value is 0.310. The molecule has 1 saturated carbocycles. The van der Waals surface area contributed by atoms with E-state index in [1.165, 1.54) is 37.3 Å². The molecule has 1 rings (SSSR count). The molecule has 72 valence electrons. The van der Waals surface area contributed by atoms with E-state index < -0.39 is 0 Å². The summed E-state index contributed by atoms with van der Waals surface area (Å²) in [4.78, 5) is 0. The van der Waals surface area contributed by atoms with Crippen LogP contribution in [0.2, 0.25) is 0 Å². The predicted molar refractivity (Wildman–Crippen MR) is 57.8 cm³/mol. The van der Waals surface area contributed by atoms with Gasteiger partial charge in [0.05, 0.1) is 0 Å². The van der Waals surface area contributed by atoms with E-state index in [0.29, 0.717) is 0 Å². The second-order valence-corrected chi connectivity index (χ2v) is 4.92. The van der Waals surface area contributed by atoms with Crippen molar-refractivity contribution in [3.8, 4) is 0 Å². The summed E-state index contributed by atoms with van der Waals surface area (Å²) in [5.41, 5.74) is 0. The van der Waals surface area contributed by atoms with Crippen molar-refractivity contribution in [3.63, 3.8) is 0 Å². The van der Waals surface area contributed by atoms with Crippen LogP contribution in [-0.2, 0) is 0 Å². The topological polar surface area (TPSA) is 12.0 Å². The van der Waals surface area contributed by atoms with Gasteiger partial charge in [0.15, 0.2) is 0 Å². The second kappa shape index (κ2) is 5.87. The van der Waals surface area contributed by atoms with Crippen molar-refractivity contribution in [3.05, 3.63) is 0 Å². The van der Waals surface area contributed by atoms with Crippen LogP contribution in [0.4, 0.5) is 0 Å². The van der Waals surface area contributed by atoms with E-state index in [9.17, 15) is 0 Å². The molecule has 0 aromatic heterocycles. The van der Waals surface area contributed by atoms with Crippen molar-refractivity contribution in [1.29, 1.82) is 0 Å². The van der Waals surface area contributed by atoms with Gasteiger partial charge >= 0.3 is 0 Å². The lowest BCUT2D eigenvalue weighted by atomic mass is 10.2. The van der Waals surface area contributed by atoms with Gasteiger partial charge in [0.1, 0.15) is 0 Å². The lowest BCUT2D eigenvalue weighted by Gasteiger charge is -2.11. The number of rotatable bonds is 7. The van der Waals surface area contributed by atoms with E-state index in [1.807, 2.05) is 0 Å². The van der Waals surface area contributed by atoms with E-state index in [4.69, 9.17) is 0 Å². The third-order valence-electron chi connectivity index (χ3n) is 2.39. The first kappa shape index (κ1) is 10.4. The first-order chi connectivity index (χ1) is 5.84. The molecule has 12 heavy (non-hydrogen) atoms. The molecule has 2 heteroatoms. The summed E-state index contributed by atoms with van der Waals surface area (Å²) in [5, 5.41) is 3.58. The highest BCUT2D eigenvalue weighted by Gasteiger charge is 2.26. The molecule has 0 heterocycles. The third-order valence-corrected chi connectivity index (χ3v) is 3.58. The van der Waals surface area contributed by atoms with Crippen molar-refractivity contribution in [2.24, 2.45) is 5.92 Å². The molecule has 0 aromatic rings. The van der Waals surface area contributed by atoms with Gasteiger partial charge in [-0.25, -0.2) is 0 Å². The predicted octanol–water partition coefficient (Wildman–Crippen LogP) is 2.52. The largest absolute Gasteiger partial charge is 0.313 e. The fraction of sp³-hybridized carbons (Fsp3) is 1.00. The van der Waals surface area contributed by atoms with Crippen LogP contribution < -0.4 is 5.32 Å². The van der Waals surface area contributed by atoms with Gasteiger partial charge < -0.3 is 5.32 Å². The van der Waals surface area contributed by atoms with Crippen molar-refractivity contribution < 1.29 is 0 Å². The Kier molecular flexibility index (Phi) is 5.08. The minimum Gasteiger partial charge on any atom is -0.313 e. The second-order valence-electron chi connectivity index (χ2n) is 3.69. The summed E-state index contributed by atoms with van der Waals surface area (Å²) in [7, 11) is 0. The van der Waals surface area contributed by atoms with Crippen LogP contribution in [-0.4, -0.2) is 24.1 Å². The summed E-state index contributed by atoms with van der Waals surface area (Å²) in [6.07, 6.45) is 4.22. The maximum absolute atomic E-state index is 3.58. The molecule has 0 aromatic carbocycles. The SMILES string of the molecule is CCCSCCNC(C)C1CC1. The van der Waals surface area contributed by atoms with Crippen molar-refractivity contribution >= 4 is 11.8 Å². The highest BCUT2D eigenvalue weighted by Crippen LogP contribution is 2.32. The van der Waals surface area contributed by atoms with Crippen LogP contribution in [0.25, 0.3) is 0 Å². The van der Waals surface area contributed by atoms with Gasteiger partial charge in [-0.05, 0) is 37.9 Å². The van der Waals surface area contributed by atoms with E-state index in [0.717, 1.165) is 12.0 Å². The van der Waals surface area contributed by atoms with Gasteiger partial charge in [-0.3, -0.25) is 0 Å². The zero-order valence-corrected chi connectivity index (χ0v) is 9.12. The Labute approximate surface area is 80.7 Å². The summed E-state index contributed by atoms with van der Waals surface area (Å²) >= 11 is 2.06. The first-order valence-corrected chi connectivity index (χ1v) is 6.31. The highest BCUT2D eigenvalue weighted by molar-refractivity contribution is 7.99. The Morgan fingerprint density at radius 3 is 2.75 bits per heavy atom. The standard InChI is InChI=1S/C10H21NS/c1-3-7-12-8-6-11-9(2)10-4-5-10/h9-11H,3-8H2,1-2H3. The van der Waals surface area contributed by atoms with Crippen LogP contribution in [0, 0.1) is 5.92 Å². The van der Waals surface area contributed by atoms with Gasteiger partial charge in [0.25, 0.3) is 0 Å². The molecule has 0 spiro atoms. The average Bonchev–Trinajstić information content (AvgIpc) is 2.86. The van der Waals surface area contributed by atoms with Crippen molar-refractivity contribution in [2.45, 2.75) is 39.2 Å². The number of hydrogen-bond acceptors (Lipinski definition) is 2. The molecule has 1 aliphatic carbocycles. The van der Waals surface area contributed by atoms with E-state index in [-0.39, 0.29) is 0 Å². The molecule has 0 bridgehead atoms. The van der Waals surface area contributed by atoms with Crippen LogP contribution >= 0.6 is 11.8 Å².